The van der Waals surface area contributed by atoms with E-state index in [0.717, 1.165) is 43.4 Å². The van der Waals surface area contributed by atoms with Crippen LogP contribution in [0.4, 0.5) is 4.39 Å². The van der Waals surface area contributed by atoms with Crippen molar-refractivity contribution in [3.8, 4) is 11.4 Å². The Morgan fingerprint density at radius 3 is 2.70 bits per heavy atom. The molecule has 0 radical (unpaired) electrons. The first-order valence-corrected chi connectivity index (χ1v) is 8.99. The first-order valence-electron chi connectivity index (χ1n) is 8.99. The average molecular weight is 370 g/mol. The Morgan fingerprint density at radius 2 is 1.89 bits per heavy atom. The van der Waals surface area contributed by atoms with E-state index in [1.54, 1.807) is 19.1 Å². The fourth-order valence-corrected chi connectivity index (χ4v) is 3.19. The molecule has 0 aliphatic heterocycles. The van der Waals surface area contributed by atoms with Gasteiger partial charge in [-0.1, -0.05) is 16.7 Å². The van der Waals surface area contributed by atoms with Crippen LogP contribution in [0.2, 0.25) is 0 Å². The first kappa shape index (κ1) is 17.4. The van der Waals surface area contributed by atoms with Gasteiger partial charge in [0.25, 0.3) is 5.91 Å². The summed E-state index contributed by atoms with van der Waals surface area (Å²) in [6.07, 6.45) is 4.81. The van der Waals surface area contributed by atoms with Gasteiger partial charge in [0.2, 0.25) is 11.7 Å². The second kappa shape index (κ2) is 7.30. The molecular formula is C19H19FN4O3. The molecular weight excluding hydrogens is 351 g/mol. The lowest BCUT2D eigenvalue weighted by atomic mass is 10.1. The van der Waals surface area contributed by atoms with Crippen LogP contribution >= 0.6 is 0 Å². The van der Waals surface area contributed by atoms with Gasteiger partial charge in [0.1, 0.15) is 17.6 Å². The number of carbonyl (C=O) groups is 1. The minimum atomic E-state index is -0.502. The Kier molecular flexibility index (Phi) is 4.70. The van der Waals surface area contributed by atoms with Crippen molar-refractivity contribution in [1.29, 1.82) is 0 Å². The van der Waals surface area contributed by atoms with Crippen molar-refractivity contribution in [2.75, 3.05) is 0 Å². The number of fused-ring (bicyclic) bond motifs is 1. The van der Waals surface area contributed by atoms with E-state index in [9.17, 15) is 9.18 Å². The van der Waals surface area contributed by atoms with Gasteiger partial charge in [-0.3, -0.25) is 4.79 Å². The Labute approximate surface area is 154 Å². The van der Waals surface area contributed by atoms with Crippen LogP contribution in [0.3, 0.4) is 0 Å². The lowest BCUT2D eigenvalue weighted by Crippen LogP contribution is -2.28. The highest BCUT2D eigenvalue weighted by atomic mass is 19.1. The number of hydrogen-bond acceptors (Lipinski definition) is 6. The van der Waals surface area contributed by atoms with Gasteiger partial charge < -0.3 is 14.4 Å². The third-order valence-electron chi connectivity index (χ3n) is 4.68. The van der Waals surface area contributed by atoms with Crippen molar-refractivity contribution in [2.45, 2.75) is 45.1 Å². The maximum Gasteiger partial charge on any atom is 0.274 e. The number of nitrogens with one attached hydrogen (secondary N) is 1. The summed E-state index contributed by atoms with van der Waals surface area (Å²) in [7, 11) is 0. The number of halogens is 1. The summed E-state index contributed by atoms with van der Waals surface area (Å²) in [5.41, 5.74) is 1.86. The number of aryl methyl sites for hydroxylation is 1. The van der Waals surface area contributed by atoms with E-state index in [4.69, 9.17) is 9.05 Å². The number of amides is 1. The second-order valence-electron chi connectivity index (χ2n) is 6.65. The Bertz CT molecular complexity index is 948. The molecule has 140 valence electrons. The van der Waals surface area contributed by atoms with Crippen molar-refractivity contribution in [3.63, 3.8) is 0 Å². The molecule has 3 aromatic rings. The van der Waals surface area contributed by atoms with Crippen LogP contribution in [-0.4, -0.2) is 21.2 Å². The molecule has 1 N–H and O–H groups in total. The van der Waals surface area contributed by atoms with Gasteiger partial charge in [0.15, 0.2) is 5.69 Å². The zero-order chi connectivity index (χ0) is 18.8. The summed E-state index contributed by atoms with van der Waals surface area (Å²) in [6, 6.07) is 5.28. The highest BCUT2D eigenvalue weighted by Gasteiger charge is 2.25. The molecule has 1 aromatic carbocycles. The summed E-state index contributed by atoms with van der Waals surface area (Å²) in [4.78, 5) is 16.9. The molecule has 27 heavy (non-hydrogen) atoms. The third kappa shape index (κ3) is 3.60. The molecule has 1 aliphatic rings. The van der Waals surface area contributed by atoms with Gasteiger partial charge in [-0.15, -0.1) is 0 Å². The standard InChI is InChI=1S/C19H19FN4O3/c1-11(19-22-17(24-27-19)12-7-9-13(20)10-8-12)21-18(25)16-14-5-3-2-4-6-15(14)26-23-16/h7-11H,2-6H2,1H3,(H,21,25)/t11-/m1/s1. The lowest BCUT2D eigenvalue weighted by Gasteiger charge is -2.08. The number of nitrogens with zero attached hydrogens (tertiary/aromatic N) is 3. The maximum absolute atomic E-state index is 13.0. The average Bonchev–Trinajstić information content (AvgIpc) is 3.25. The highest BCUT2D eigenvalue weighted by molar-refractivity contribution is 5.94. The molecule has 8 heteroatoms. The van der Waals surface area contributed by atoms with Crippen LogP contribution in [0.5, 0.6) is 0 Å². The van der Waals surface area contributed by atoms with Crippen molar-refractivity contribution in [2.24, 2.45) is 0 Å². The fourth-order valence-electron chi connectivity index (χ4n) is 3.19. The van der Waals surface area contributed by atoms with Gasteiger partial charge in [0, 0.05) is 17.5 Å². The van der Waals surface area contributed by atoms with Crippen molar-refractivity contribution < 1.29 is 18.2 Å². The number of benzene rings is 1. The van der Waals surface area contributed by atoms with Gasteiger partial charge in [-0.25, -0.2) is 4.39 Å². The van der Waals surface area contributed by atoms with Crippen LogP contribution in [0.1, 0.15) is 59.9 Å². The molecule has 2 aromatic heterocycles. The van der Waals surface area contributed by atoms with E-state index >= 15 is 0 Å². The summed E-state index contributed by atoms with van der Waals surface area (Å²) in [6.45, 7) is 1.75. The predicted octanol–water partition coefficient (Wildman–Crippen LogP) is 3.62. The molecule has 2 heterocycles. The largest absolute Gasteiger partial charge is 0.360 e. The highest BCUT2D eigenvalue weighted by Crippen LogP contribution is 2.24. The van der Waals surface area contributed by atoms with Crippen LogP contribution in [0, 0.1) is 5.82 Å². The normalized spacial score (nSPS) is 15.0. The van der Waals surface area contributed by atoms with Crippen LogP contribution < -0.4 is 5.32 Å². The molecule has 7 nitrogen and oxygen atoms in total. The number of carbonyl (C=O) groups excluding carboxylic acids is 1. The third-order valence-corrected chi connectivity index (χ3v) is 4.68. The molecule has 0 fully saturated rings. The maximum atomic E-state index is 13.0. The smallest absolute Gasteiger partial charge is 0.274 e. The summed E-state index contributed by atoms with van der Waals surface area (Å²) >= 11 is 0. The lowest BCUT2D eigenvalue weighted by molar-refractivity contribution is 0.0922. The fraction of sp³-hybridized carbons (Fsp3) is 0.368. The van der Waals surface area contributed by atoms with E-state index in [2.05, 4.69) is 20.6 Å². The number of rotatable bonds is 4. The summed E-state index contributed by atoms with van der Waals surface area (Å²) in [5, 5.41) is 10.7. The molecule has 0 saturated carbocycles. The predicted molar refractivity (Wildman–Crippen MR) is 93.3 cm³/mol. The van der Waals surface area contributed by atoms with Crippen LogP contribution in [0.25, 0.3) is 11.4 Å². The van der Waals surface area contributed by atoms with Crippen molar-refractivity contribution >= 4 is 5.91 Å². The monoisotopic (exact) mass is 370 g/mol. The summed E-state index contributed by atoms with van der Waals surface area (Å²) < 4.78 is 23.6. The second-order valence-corrected chi connectivity index (χ2v) is 6.65. The SMILES string of the molecule is C[C@@H](NC(=O)c1noc2c1CCCCC2)c1nc(-c2ccc(F)cc2)no1. The van der Waals surface area contributed by atoms with Gasteiger partial charge in [-0.05, 0) is 50.5 Å². The topological polar surface area (TPSA) is 94.1 Å². The Balaban J connectivity index is 1.48. The molecule has 4 rings (SSSR count). The summed E-state index contributed by atoms with van der Waals surface area (Å²) in [5.74, 6) is 0.742. The molecule has 1 amide bonds. The van der Waals surface area contributed by atoms with E-state index in [-0.39, 0.29) is 17.6 Å². The zero-order valence-corrected chi connectivity index (χ0v) is 14.9. The van der Waals surface area contributed by atoms with Crippen molar-refractivity contribution in [3.05, 3.63) is 53.0 Å². The van der Waals surface area contributed by atoms with E-state index in [1.165, 1.54) is 12.1 Å². The molecule has 0 spiro atoms. The van der Waals surface area contributed by atoms with E-state index in [0.29, 0.717) is 17.1 Å². The van der Waals surface area contributed by atoms with Crippen LogP contribution in [0.15, 0.2) is 33.3 Å². The minimum absolute atomic E-state index is 0.261. The van der Waals surface area contributed by atoms with E-state index in [1.807, 2.05) is 0 Å². The molecule has 0 bridgehead atoms. The van der Waals surface area contributed by atoms with E-state index < -0.39 is 6.04 Å². The Hall–Kier alpha value is -3.03. The van der Waals surface area contributed by atoms with Gasteiger partial charge in [0.05, 0.1) is 0 Å². The molecule has 1 aliphatic carbocycles. The molecule has 0 unspecified atom stereocenters. The number of hydrogen-bond donors (Lipinski definition) is 1. The number of aromatic nitrogens is 3. The van der Waals surface area contributed by atoms with Gasteiger partial charge >= 0.3 is 0 Å². The quantitative estimate of drug-likeness (QED) is 0.705. The molecule has 0 saturated heterocycles. The van der Waals surface area contributed by atoms with Gasteiger partial charge in [-0.2, -0.15) is 4.98 Å². The minimum Gasteiger partial charge on any atom is -0.360 e. The van der Waals surface area contributed by atoms with Crippen molar-refractivity contribution in [1.82, 2.24) is 20.6 Å². The van der Waals surface area contributed by atoms with Crippen LogP contribution in [-0.2, 0) is 12.8 Å². The molecule has 1 atom stereocenters. The first-order chi connectivity index (χ1) is 13.1. The zero-order valence-electron chi connectivity index (χ0n) is 14.9. The Morgan fingerprint density at radius 1 is 1.11 bits per heavy atom.